The maximum atomic E-state index is 6.19. The van der Waals surface area contributed by atoms with Gasteiger partial charge in [-0.05, 0) is 38.0 Å². The van der Waals surface area contributed by atoms with Crippen molar-refractivity contribution in [2.45, 2.75) is 83.4 Å². The molecule has 2 aliphatic rings. The second-order valence-corrected chi connectivity index (χ2v) is 6.97. The first-order valence-corrected chi connectivity index (χ1v) is 8.63. The molecule has 0 aliphatic carbocycles. The minimum Gasteiger partial charge on any atom is -0.381 e. The molecule has 0 amide bonds. The van der Waals surface area contributed by atoms with Gasteiger partial charge in [0.1, 0.15) is 0 Å². The predicted molar refractivity (Wildman–Crippen MR) is 83.0 cm³/mol. The van der Waals surface area contributed by atoms with Gasteiger partial charge < -0.3 is 14.8 Å². The Bertz CT molecular complexity index is 269. The zero-order valence-corrected chi connectivity index (χ0v) is 13.6. The second kappa shape index (κ2) is 7.77. The highest BCUT2D eigenvalue weighted by atomic mass is 16.5. The van der Waals surface area contributed by atoms with Gasteiger partial charge in [-0.3, -0.25) is 0 Å². The van der Waals surface area contributed by atoms with Crippen molar-refractivity contribution in [2.75, 3.05) is 19.8 Å². The van der Waals surface area contributed by atoms with Crippen LogP contribution in [0.1, 0.15) is 65.7 Å². The highest BCUT2D eigenvalue weighted by Crippen LogP contribution is 2.39. The Labute approximate surface area is 124 Å². The fourth-order valence-electron chi connectivity index (χ4n) is 3.81. The Morgan fingerprint density at radius 2 is 1.95 bits per heavy atom. The Morgan fingerprint density at radius 3 is 2.60 bits per heavy atom. The second-order valence-electron chi connectivity index (χ2n) is 6.97. The van der Waals surface area contributed by atoms with Crippen LogP contribution in [0.4, 0.5) is 0 Å². The van der Waals surface area contributed by atoms with Gasteiger partial charge in [-0.15, -0.1) is 0 Å². The summed E-state index contributed by atoms with van der Waals surface area (Å²) in [6, 6.07) is 1.24. The summed E-state index contributed by atoms with van der Waals surface area (Å²) in [6.07, 6.45) is 8.56. The predicted octanol–water partition coefficient (Wildman–Crippen LogP) is 3.52. The first-order chi connectivity index (χ1) is 9.65. The van der Waals surface area contributed by atoms with Crippen LogP contribution in [-0.4, -0.2) is 37.5 Å². The highest BCUT2D eigenvalue weighted by Gasteiger charge is 2.41. The molecule has 20 heavy (non-hydrogen) atoms. The lowest BCUT2D eigenvalue weighted by Gasteiger charge is -2.45. The van der Waals surface area contributed by atoms with Crippen molar-refractivity contribution in [2.24, 2.45) is 5.92 Å². The van der Waals surface area contributed by atoms with E-state index in [2.05, 4.69) is 26.1 Å². The summed E-state index contributed by atoms with van der Waals surface area (Å²) in [5, 5.41) is 3.82. The van der Waals surface area contributed by atoms with Crippen molar-refractivity contribution < 1.29 is 9.47 Å². The van der Waals surface area contributed by atoms with Crippen LogP contribution >= 0.6 is 0 Å². The van der Waals surface area contributed by atoms with Crippen LogP contribution in [0.25, 0.3) is 0 Å². The molecular weight excluding hydrogens is 250 g/mol. The number of nitrogens with one attached hydrogen (secondary N) is 1. The van der Waals surface area contributed by atoms with E-state index >= 15 is 0 Å². The smallest absolute Gasteiger partial charge is 0.0729 e. The zero-order chi connectivity index (χ0) is 14.4. The Hall–Kier alpha value is -0.120. The highest BCUT2D eigenvalue weighted by molar-refractivity contribution is 4.93. The van der Waals surface area contributed by atoms with Crippen LogP contribution in [0, 0.1) is 5.92 Å². The van der Waals surface area contributed by atoms with E-state index in [4.69, 9.17) is 9.47 Å². The molecule has 2 heterocycles. The number of hydrogen-bond donors (Lipinski definition) is 1. The first kappa shape index (κ1) is 16.3. The van der Waals surface area contributed by atoms with Crippen LogP contribution in [0.3, 0.4) is 0 Å². The SMILES string of the molecule is CCCCC(NC(C)C)C1CCOC2(CCOCC2)C1. The summed E-state index contributed by atoms with van der Waals surface area (Å²) in [7, 11) is 0. The van der Waals surface area contributed by atoms with Gasteiger partial charge in [0.2, 0.25) is 0 Å². The third-order valence-electron chi connectivity index (χ3n) is 4.92. The average molecular weight is 283 g/mol. The molecule has 3 heteroatoms. The molecule has 1 spiro atoms. The lowest BCUT2D eigenvalue weighted by Crippen LogP contribution is -2.50. The van der Waals surface area contributed by atoms with Gasteiger partial charge in [0.05, 0.1) is 5.60 Å². The topological polar surface area (TPSA) is 30.5 Å². The van der Waals surface area contributed by atoms with Gasteiger partial charge in [-0.1, -0.05) is 33.6 Å². The summed E-state index contributed by atoms with van der Waals surface area (Å²) >= 11 is 0. The first-order valence-electron chi connectivity index (χ1n) is 8.63. The minimum atomic E-state index is 0.129. The molecule has 2 rings (SSSR count). The summed E-state index contributed by atoms with van der Waals surface area (Å²) < 4.78 is 11.7. The van der Waals surface area contributed by atoms with Crippen molar-refractivity contribution in [1.29, 1.82) is 0 Å². The molecule has 2 fully saturated rings. The molecule has 0 aromatic heterocycles. The van der Waals surface area contributed by atoms with E-state index in [-0.39, 0.29) is 5.60 Å². The molecule has 0 saturated carbocycles. The Kier molecular flexibility index (Phi) is 6.31. The van der Waals surface area contributed by atoms with Gasteiger partial charge in [-0.2, -0.15) is 0 Å². The standard InChI is InChI=1S/C17H33NO2/c1-4-5-6-16(18-14(2)3)15-7-10-20-17(13-15)8-11-19-12-9-17/h14-16,18H,4-13H2,1-3H3. The van der Waals surface area contributed by atoms with Gasteiger partial charge in [0.15, 0.2) is 0 Å². The lowest BCUT2D eigenvalue weighted by atomic mass is 9.76. The van der Waals surface area contributed by atoms with E-state index in [9.17, 15) is 0 Å². The summed E-state index contributed by atoms with van der Waals surface area (Å²) in [4.78, 5) is 0. The normalized spacial score (nSPS) is 27.9. The van der Waals surface area contributed by atoms with E-state index < -0.39 is 0 Å². The fourth-order valence-corrected chi connectivity index (χ4v) is 3.81. The number of rotatable bonds is 6. The van der Waals surface area contributed by atoms with Crippen molar-refractivity contribution in [3.05, 3.63) is 0 Å². The number of hydrogen-bond acceptors (Lipinski definition) is 3. The monoisotopic (exact) mass is 283 g/mol. The Morgan fingerprint density at radius 1 is 1.20 bits per heavy atom. The van der Waals surface area contributed by atoms with Crippen molar-refractivity contribution >= 4 is 0 Å². The van der Waals surface area contributed by atoms with Crippen LogP contribution in [0.2, 0.25) is 0 Å². The summed E-state index contributed by atoms with van der Waals surface area (Å²) in [5.41, 5.74) is 0.129. The number of unbranched alkanes of at least 4 members (excludes halogenated alkanes) is 1. The molecule has 0 radical (unpaired) electrons. The van der Waals surface area contributed by atoms with Crippen LogP contribution in [0.5, 0.6) is 0 Å². The molecule has 118 valence electrons. The zero-order valence-electron chi connectivity index (χ0n) is 13.6. The Balaban J connectivity index is 1.96. The molecule has 2 saturated heterocycles. The van der Waals surface area contributed by atoms with E-state index in [1.54, 1.807) is 0 Å². The molecule has 2 unspecified atom stereocenters. The maximum absolute atomic E-state index is 6.19. The minimum absolute atomic E-state index is 0.129. The molecular formula is C17H33NO2. The third kappa shape index (κ3) is 4.44. The molecule has 2 atom stereocenters. The number of ether oxygens (including phenoxy) is 2. The van der Waals surface area contributed by atoms with Crippen LogP contribution in [-0.2, 0) is 9.47 Å². The van der Waals surface area contributed by atoms with Crippen molar-refractivity contribution in [1.82, 2.24) is 5.32 Å². The van der Waals surface area contributed by atoms with E-state index in [1.807, 2.05) is 0 Å². The van der Waals surface area contributed by atoms with Crippen molar-refractivity contribution in [3.63, 3.8) is 0 Å². The molecule has 2 aliphatic heterocycles. The molecule has 0 aromatic rings. The summed E-state index contributed by atoms with van der Waals surface area (Å²) in [5.74, 6) is 0.774. The molecule has 3 nitrogen and oxygen atoms in total. The van der Waals surface area contributed by atoms with Crippen molar-refractivity contribution in [3.8, 4) is 0 Å². The van der Waals surface area contributed by atoms with Crippen LogP contribution in [0.15, 0.2) is 0 Å². The van der Waals surface area contributed by atoms with Gasteiger partial charge in [0, 0.05) is 31.9 Å². The van der Waals surface area contributed by atoms with E-state index in [0.717, 1.165) is 38.6 Å². The largest absolute Gasteiger partial charge is 0.381 e. The van der Waals surface area contributed by atoms with Gasteiger partial charge in [-0.25, -0.2) is 0 Å². The van der Waals surface area contributed by atoms with E-state index in [1.165, 1.54) is 32.1 Å². The molecule has 0 aromatic carbocycles. The fraction of sp³-hybridized carbons (Fsp3) is 1.00. The average Bonchev–Trinajstić information content (AvgIpc) is 2.44. The van der Waals surface area contributed by atoms with E-state index in [0.29, 0.717) is 12.1 Å². The molecule has 1 N–H and O–H groups in total. The lowest BCUT2D eigenvalue weighted by molar-refractivity contribution is -0.150. The molecule has 0 bridgehead atoms. The van der Waals surface area contributed by atoms with Gasteiger partial charge in [0.25, 0.3) is 0 Å². The third-order valence-corrected chi connectivity index (χ3v) is 4.92. The van der Waals surface area contributed by atoms with Crippen LogP contribution < -0.4 is 5.32 Å². The summed E-state index contributed by atoms with van der Waals surface area (Å²) in [6.45, 7) is 9.52. The maximum Gasteiger partial charge on any atom is 0.0729 e. The quantitative estimate of drug-likeness (QED) is 0.809. The van der Waals surface area contributed by atoms with Gasteiger partial charge >= 0.3 is 0 Å².